The van der Waals surface area contributed by atoms with Crippen LogP contribution in [-0.2, 0) is 0 Å². The van der Waals surface area contributed by atoms with Crippen LogP contribution in [0.5, 0.6) is 69.0 Å². The maximum atomic E-state index is 11.3. The van der Waals surface area contributed by atoms with E-state index in [1.165, 1.54) is 54.6 Å². The Balaban J connectivity index is 1.33. The minimum atomic E-state index is -0.886. The van der Waals surface area contributed by atoms with Crippen LogP contribution < -0.4 is 14.2 Å². The van der Waals surface area contributed by atoms with Crippen LogP contribution >= 0.6 is 0 Å². The number of aromatic hydroxyl groups is 9. The van der Waals surface area contributed by atoms with Crippen molar-refractivity contribution in [2.24, 2.45) is 0 Å². The molecule has 0 spiro atoms. The molecular formula is C42H30O12. The molecule has 6 unspecified atom stereocenters. The van der Waals surface area contributed by atoms with Crippen molar-refractivity contribution in [3.8, 4) is 69.0 Å². The molecule has 12 heteroatoms. The highest BCUT2D eigenvalue weighted by Crippen LogP contribution is 2.66. The van der Waals surface area contributed by atoms with Crippen molar-refractivity contribution in [3.63, 3.8) is 0 Å². The van der Waals surface area contributed by atoms with Gasteiger partial charge in [0.05, 0.1) is 17.8 Å². The van der Waals surface area contributed by atoms with Crippen LogP contribution in [0, 0.1) is 0 Å². The molecule has 6 aromatic carbocycles. The topological polar surface area (TPSA) is 210 Å². The SMILES string of the molecule is Oc1cc2c3c(c1)C1c4c(cc(O)cc4C4c5c(cc(O)cc5C3C(c3ccc(O)c(O)c3)O2)OC4c2ccc(O)c(O)c2)OC1c1ccc(O)c(O)c1. The summed E-state index contributed by atoms with van der Waals surface area (Å²) in [6, 6.07) is 22.3. The Hall–Kier alpha value is -7.08. The first-order valence-electron chi connectivity index (χ1n) is 17.1. The van der Waals surface area contributed by atoms with Gasteiger partial charge in [0, 0.05) is 34.9 Å². The summed E-state index contributed by atoms with van der Waals surface area (Å²) in [5, 5.41) is 96.6. The molecule has 0 amide bonds. The van der Waals surface area contributed by atoms with Gasteiger partial charge in [0.25, 0.3) is 0 Å². The molecule has 1 aliphatic carbocycles. The van der Waals surface area contributed by atoms with Crippen molar-refractivity contribution >= 4 is 0 Å². The predicted octanol–water partition coefficient (Wildman–Crippen LogP) is 7.15. The van der Waals surface area contributed by atoms with Gasteiger partial charge in [-0.25, -0.2) is 0 Å². The number of hydrogen-bond acceptors (Lipinski definition) is 12. The van der Waals surface area contributed by atoms with Crippen LogP contribution in [0.15, 0.2) is 91.0 Å². The molecule has 12 nitrogen and oxygen atoms in total. The Labute approximate surface area is 305 Å². The molecule has 0 saturated carbocycles. The predicted molar refractivity (Wildman–Crippen MR) is 189 cm³/mol. The molecule has 0 radical (unpaired) electrons. The van der Waals surface area contributed by atoms with Crippen LogP contribution in [0.25, 0.3) is 0 Å². The van der Waals surface area contributed by atoms with Gasteiger partial charge in [-0.15, -0.1) is 0 Å². The largest absolute Gasteiger partial charge is 0.508 e. The molecule has 10 rings (SSSR count). The molecule has 3 aliphatic heterocycles. The van der Waals surface area contributed by atoms with Gasteiger partial charge in [-0.3, -0.25) is 0 Å². The second kappa shape index (κ2) is 11.0. The second-order valence-electron chi connectivity index (χ2n) is 14.1. The van der Waals surface area contributed by atoms with E-state index in [1.54, 1.807) is 36.4 Å². The lowest BCUT2D eigenvalue weighted by molar-refractivity contribution is 0.219. The van der Waals surface area contributed by atoms with Crippen molar-refractivity contribution < 1.29 is 60.2 Å². The van der Waals surface area contributed by atoms with E-state index < -0.39 is 36.1 Å². The van der Waals surface area contributed by atoms with E-state index in [0.717, 1.165) is 0 Å². The molecule has 3 heterocycles. The number of ether oxygens (including phenoxy) is 3. The summed E-state index contributed by atoms with van der Waals surface area (Å²) in [7, 11) is 0. The van der Waals surface area contributed by atoms with E-state index in [1.807, 2.05) is 0 Å². The van der Waals surface area contributed by atoms with Crippen LogP contribution in [0.4, 0.5) is 0 Å². The molecule has 0 saturated heterocycles. The Morgan fingerprint density at radius 3 is 0.852 bits per heavy atom. The van der Waals surface area contributed by atoms with Crippen molar-refractivity contribution in [1.82, 2.24) is 0 Å². The van der Waals surface area contributed by atoms with Gasteiger partial charge in [-0.2, -0.15) is 0 Å². The molecule has 9 N–H and O–H groups in total. The normalized spacial score (nSPS) is 22.4. The van der Waals surface area contributed by atoms with E-state index in [0.29, 0.717) is 67.3 Å². The third-order valence-electron chi connectivity index (χ3n) is 11.1. The van der Waals surface area contributed by atoms with Gasteiger partial charge >= 0.3 is 0 Å². The van der Waals surface area contributed by atoms with Crippen LogP contribution in [0.1, 0.15) is 86.1 Å². The maximum absolute atomic E-state index is 11.3. The molecule has 0 fully saturated rings. The van der Waals surface area contributed by atoms with Crippen molar-refractivity contribution in [3.05, 3.63) is 141 Å². The summed E-state index contributed by atoms with van der Waals surface area (Å²) < 4.78 is 20.0. The van der Waals surface area contributed by atoms with Gasteiger partial charge < -0.3 is 60.2 Å². The standard InChI is InChI=1S/C42H30O12/c43-19-10-22-35-32(14-19)53-42(18-3-6-27(48)30(51)9-18)39(35)24-12-21(45)15-33-36(24)38(41(54-33)17-2-5-26(47)29(50)8-17)23-11-20(44)13-31-34(23)37(22)40(52-31)16-1-4-25(46)28(49)7-16/h1-15,37-51H. The lowest BCUT2D eigenvalue weighted by atomic mass is 9.76. The first kappa shape index (κ1) is 31.6. The first-order valence-corrected chi connectivity index (χ1v) is 17.1. The van der Waals surface area contributed by atoms with Gasteiger partial charge in [0.1, 0.15) is 52.8 Å². The number of phenolic OH excluding ortho intramolecular Hbond substituents is 9. The van der Waals surface area contributed by atoms with Crippen LogP contribution in [-0.4, -0.2) is 46.0 Å². The number of phenols is 9. The molecule has 54 heavy (non-hydrogen) atoms. The molecule has 6 aromatic rings. The number of rotatable bonds is 3. The van der Waals surface area contributed by atoms with Crippen LogP contribution in [0.3, 0.4) is 0 Å². The van der Waals surface area contributed by atoms with E-state index in [2.05, 4.69) is 0 Å². The van der Waals surface area contributed by atoms with Crippen molar-refractivity contribution in [1.29, 1.82) is 0 Å². The fourth-order valence-electron chi connectivity index (χ4n) is 8.92. The zero-order valence-corrected chi connectivity index (χ0v) is 27.9. The number of hydrogen-bond donors (Lipinski definition) is 9. The van der Waals surface area contributed by atoms with Crippen LogP contribution in [0.2, 0.25) is 0 Å². The Morgan fingerprint density at radius 2 is 0.593 bits per heavy atom. The highest BCUT2D eigenvalue weighted by molar-refractivity contribution is 5.70. The fraction of sp³-hybridized carbons (Fsp3) is 0.143. The van der Waals surface area contributed by atoms with E-state index in [9.17, 15) is 46.0 Å². The minimum Gasteiger partial charge on any atom is -0.508 e. The zero-order chi connectivity index (χ0) is 37.3. The molecule has 6 atom stereocenters. The monoisotopic (exact) mass is 726 g/mol. The average molecular weight is 727 g/mol. The molecular weight excluding hydrogens is 696 g/mol. The molecule has 4 aliphatic rings. The smallest absolute Gasteiger partial charge is 0.157 e. The highest BCUT2D eigenvalue weighted by atomic mass is 16.5. The summed E-state index contributed by atoms with van der Waals surface area (Å²) in [6.45, 7) is 0. The van der Waals surface area contributed by atoms with Gasteiger partial charge in [0.15, 0.2) is 34.5 Å². The first-order chi connectivity index (χ1) is 25.9. The Morgan fingerprint density at radius 1 is 0.315 bits per heavy atom. The Kier molecular flexibility index (Phi) is 6.43. The second-order valence-corrected chi connectivity index (χ2v) is 14.1. The molecule has 0 bridgehead atoms. The van der Waals surface area contributed by atoms with Gasteiger partial charge in [-0.1, -0.05) is 18.2 Å². The third kappa shape index (κ3) is 4.43. The third-order valence-corrected chi connectivity index (χ3v) is 11.1. The maximum Gasteiger partial charge on any atom is 0.157 e. The quantitative estimate of drug-likeness (QED) is 0.0833. The summed E-state index contributed by atoms with van der Waals surface area (Å²) in [5.74, 6) is -3.84. The number of benzene rings is 6. The van der Waals surface area contributed by atoms with Gasteiger partial charge in [-0.05, 0) is 88.0 Å². The van der Waals surface area contributed by atoms with E-state index in [4.69, 9.17) is 14.2 Å². The lowest BCUT2D eigenvalue weighted by Crippen LogP contribution is -2.16. The summed E-state index contributed by atoms with van der Waals surface area (Å²) in [5.41, 5.74) is 5.00. The number of fused-ring (bicyclic) bond motifs is 3. The van der Waals surface area contributed by atoms with E-state index >= 15 is 0 Å². The van der Waals surface area contributed by atoms with Gasteiger partial charge in [0.2, 0.25) is 0 Å². The fourth-order valence-corrected chi connectivity index (χ4v) is 8.92. The molecule has 0 aromatic heterocycles. The minimum absolute atomic E-state index is 0.127. The Bertz CT molecular complexity index is 2320. The van der Waals surface area contributed by atoms with E-state index in [-0.39, 0.29) is 51.7 Å². The highest BCUT2D eigenvalue weighted by Gasteiger charge is 2.52. The average Bonchev–Trinajstić information content (AvgIpc) is 3.83. The lowest BCUT2D eigenvalue weighted by Gasteiger charge is -2.26. The van der Waals surface area contributed by atoms with Crippen molar-refractivity contribution in [2.75, 3.05) is 0 Å². The molecule has 270 valence electrons. The summed E-state index contributed by atoms with van der Waals surface area (Å²) in [6.07, 6.45) is -2.66. The van der Waals surface area contributed by atoms with Crippen molar-refractivity contribution in [2.45, 2.75) is 36.1 Å². The zero-order valence-electron chi connectivity index (χ0n) is 27.9. The summed E-state index contributed by atoms with van der Waals surface area (Å²) in [4.78, 5) is 0. The summed E-state index contributed by atoms with van der Waals surface area (Å²) >= 11 is 0.